The fourth-order valence-corrected chi connectivity index (χ4v) is 4.62. The van der Waals surface area contributed by atoms with Crippen LogP contribution in [0.4, 0.5) is 18.0 Å². The molecule has 0 spiro atoms. The molecule has 3 aromatic rings. The molecule has 0 bridgehead atoms. The number of methoxy groups -OCH3 is 1. The van der Waals surface area contributed by atoms with Gasteiger partial charge in [0.05, 0.1) is 31.4 Å². The molecule has 3 heterocycles. The lowest BCUT2D eigenvalue weighted by Crippen LogP contribution is -2.40. The maximum absolute atomic E-state index is 13.3. The van der Waals surface area contributed by atoms with E-state index >= 15 is 0 Å². The maximum Gasteiger partial charge on any atom is 0.410 e. The van der Waals surface area contributed by atoms with E-state index in [1.807, 2.05) is 12.2 Å². The largest absolute Gasteiger partial charge is 0.438 e. The highest BCUT2D eigenvalue weighted by molar-refractivity contribution is 5.92. The molecule has 1 aliphatic heterocycles. The van der Waals surface area contributed by atoms with Gasteiger partial charge in [-0.3, -0.25) is 9.48 Å². The van der Waals surface area contributed by atoms with Gasteiger partial charge in [-0.2, -0.15) is 18.3 Å². The van der Waals surface area contributed by atoms with Crippen molar-refractivity contribution in [2.75, 3.05) is 20.3 Å². The molecular formula is C25H29F3N6O5. The summed E-state index contributed by atoms with van der Waals surface area (Å²) in [6, 6.07) is 2.21. The Morgan fingerprint density at radius 2 is 2.08 bits per heavy atom. The number of alkyl halides is 3. The molecule has 2 fully saturated rings. The van der Waals surface area contributed by atoms with E-state index in [2.05, 4.69) is 15.4 Å². The summed E-state index contributed by atoms with van der Waals surface area (Å²) >= 11 is 0. The number of hydrogen-bond donors (Lipinski definition) is 2. The monoisotopic (exact) mass is 550 g/mol. The van der Waals surface area contributed by atoms with Crippen molar-refractivity contribution < 1.29 is 36.7 Å². The fourth-order valence-electron chi connectivity index (χ4n) is 4.62. The van der Waals surface area contributed by atoms with Gasteiger partial charge < -0.3 is 29.4 Å². The molecular weight excluding hydrogens is 521 g/mol. The van der Waals surface area contributed by atoms with Gasteiger partial charge in [0, 0.05) is 20.4 Å². The molecule has 4 atom stereocenters. The third-order valence-electron chi connectivity index (χ3n) is 6.85. The van der Waals surface area contributed by atoms with Crippen LogP contribution in [0.1, 0.15) is 53.8 Å². The van der Waals surface area contributed by atoms with Crippen molar-refractivity contribution in [1.82, 2.24) is 30.3 Å². The summed E-state index contributed by atoms with van der Waals surface area (Å²) in [4.78, 5) is 31.1. The van der Waals surface area contributed by atoms with E-state index in [1.54, 1.807) is 31.3 Å². The SMILES string of the molecule is COCC(c1ccc2oc(C(NC(=O)c3ccnn3C)C(C)OC3CC3)nc2c1)N1CC(C(F)(F)F)NC1=O. The third kappa shape index (κ3) is 5.71. The molecule has 1 saturated carbocycles. The predicted octanol–water partition coefficient (Wildman–Crippen LogP) is 3.24. The second kappa shape index (κ2) is 10.5. The Bertz CT molecular complexity index is 1350. The molecule has 1 saturated heterocycles. The number of rotatable bonds is 10. The number of urea groups is 1. The van der Waals surface area contributed by atoms with E-state index in [9.17, 15) is 22.8 Å². The van der Waals surface area contributed by atoms with Crippen molar-refractivity contribution >= 4 is 23.0 Å². The van der Waals surface area contributed by atoms with Crippen LogP contribution in [0.15, 0.2) is 34.9 Å². The molecule has 5 rings (SSSR count). The highest BCUT2D eigenvalue weighted by Gasteiger charge is 2.48. The molecule has 3 amide bonds. The van der Waals surface area contributed by atoms with Crippen molar-refractivity contribution in [2.45, 2.75) is 56.3 Å². The second-order valence-electron chi connectivity index (χ2n) is 9.78. The minimum absolute atomic E-state index is 0.0240. The first-order chi connectivity index (χ1) is 18.5. The van der Waals surface area contributed by atoms with Gasteiger partial charge in [-0.15, -0.1) is 0 Å². The number of hydrogen-bond acceptors (Lipinski definition) is 7. The Morgan fingerprint density at radius 1 is 1.31 bits per heavy atom. The van der Waals surface area contributed by atoms with E-state index < -0.39 is 43.0 Å². The molecule has 2 N–H and O–H groups in total. The van der Waals surface area contributed by atoms with Gasteiger partial charge in [-0.25, -0.2) is 9.78 Å². The predicted molar refractivity (Wildman–Crippen MR) is 131 cm³/mol. The summed E-state index contributed by atoms with van der Waals surface area (Å²) in [5, 5.41) is 8.95. The van der Waals surface area contributed by atoms with Gasteiger partial charge in [0.25, 0.3) is 5.91 Å². The Balaban J connectivity index is 1.43. The van der Waals surface area contributed by atoms with Gasteiger partial charge in [0.1, 0.15) is 23.3 Å². The minimum Gasteiger partial charge on any atom is -0.438 e. The first-order valence-electron chi connectivity index (χ1n) is 12.5. The fraction of sp³-hybridized carbons (Fsp3) is 0.520. The zero-order valence-electron chi connectivity index (χ0n) is 21.6. The summed E-state index contributed by atoms with van der Waals surface area (Å²) < 4.78 is 58.5. The average molecular weight is 551 g/mol. The van der Waals surface area contributed by atoms with Gasteiger partial charge in [-0.1, -0.05) is 6.07 Å². The molecule has 1 aromatic carbocycles. The van der Waals surface area contributed by atoms with Gasteiger partial charge in [0.2, 0.25) is 5.89 Å². The first-order valence-corrected chi connectivity index (χ1v) is 12.5. The summed E-state index contributed by atoms with van der Waals surface area (Å²) in [7, 11) is 3.06. The summed E-state index contributed by atoms with van der Waals surface area (Å²) in [6.07, 6.45) is -1.54. The highest BCUT2D eigenvalue weighted by Crippen LogP contribution is 2.34. The number of ether oxygens (including phenoxy) is 2. The second-order valence-corrected chi connectivity index (χ2v) is 9.78. The van der Waals surface area contributed by atoms with Crippen molar-refractivity contribution in [2.24, 2.45) is 7.05 Å². The van der Waals surface area contributed by atoms with E-state index in [4.69, 9.17) is 13.9 Å². The number of aryl methyl sites for hydroxylation is 1. The molecule has 2 aliphatic rings. The van der Waals surface area contributed by atoms with Gasteiger partial charge in [-0.05, 0) is 43.5 Å². The van der Waals surface area contributed by atoms with Crippen LogP contribution in [0.3, 0.4) is 0 Å². The van der Waals surface area contributed by atoms with E-state index in [0.29, 0.717) is 22.4 Å². The van der Waals surface area contributed by atoms with Crippen LogP contribution in [-0.4, -0.2) is 76.3 Å². The van der Waals surface area contributed by atoms with E-state index in [0.717, 1.165) is 17.7 Å². The third-order valence-corrected chi connectivity index (χ3v) is 6.85. The zero-order valence-corrected chi connectivity index (χ0v) is 21.6. The van der Waals surface area contributed by atoms with Crippen LogP contribution >= 0.6 is 0 Å². The molecule has 2 aromatic heterocycles. The minimum atomic E-state index is -4.57. The van der Waals surface area contributed by atoms with Crippen LogP contribution in [0, 0.1) is 0 Å². The maximum atomic E-state index is 13.3. The Morgan fingerprint density at radius 3 is 2.69 bits per heavy atom. The van der Waals surface area contributed by atoms with Crippen molar-refractivity contribution in [3.63, 3.8) is 0 Å². The normalized spacial score (nSPS) is 20.2. The van der Waals surface area contributed by atoms with E-state index in [-0.39, 0.29) is 24.5 Å². The standard InChI is InChI=1S/C25H29F3N6O5/c1-13(38-15-5-6-15)21(32-22(35)17-8-9-29-33(17)2)23-30-16-10-14(4-7-19(16)39-23)18(12-37-3)34-11-20(25(26,27)28)31-24(34)36/h4,7-10,13,15,18,20-21H,5-6,11-12H2,1-3H3,(H,31,36)(H,32,35). The van der Waals surface area contributed by atoms with E-state index in [1.165, 1.54) is 18.0 Å². The van der Waals surface area contributed by atoms with Crippen LogP contribution < -0.4 is 10.6 Å². The number of benzene rings is 1. The number of oxazole rings is 1. The molecule has 0 radical (unpaired) electrons. The lowest BCUT2D eigenvalue weighted by Gasteiger charge is -2.27. The number of halogens is 3. The molecule has 210 valence electrons. The first kappa shape index (κ1) is 26.9. The van der Waals surface area contributed by atoms with Gasteiger partial charge >= 0.3 is 12.2 Å². The Labute approximate surface area is 221 Å². The zero-order chi connectivity index (χ0) is 27.9. The number of aromatic nitrogens is 3. The highest BCUT2D eigenvalue weighted by atomic mass is 19.4. The molecule has 39 heavy (non-hydrogen) atoms. The smallest absolute Gasteiger partial charge is 0.410 e. The molecule has 11 nitrogen and oxygen atoms in total. The summed E-state index contributed by atoms with van der Waals surface area (Å²) in [5.74, 6) is -0.168. The average Bonchev–Trinajstić information content (AvgIpc) is 3.24. The number of fused-ring (bicyclic) bond motifs is 1. The van der Waals surface area contributed by atoms with Gasteiger partial charge in [0.15, 0.2) is 5.58 Å². The number of amides is 3. The van der Waals surface area contributed by atoms with Crippen molar-refractivity contribution in [3.05, 3.63) is 47.6 Å². The summed E-state index contributed by atoms with van der Waals surface area (Å²) in [6.45, 7) is 1.25. The summed E-state index contributed by atoms with van der Waals surface area (Å²) in [5.41, 5.74) is 1.69. The quantitative estimate of drug-likeness (QED) is 0.397. The van der Waals surface area contributed by atoms with Crippen molar-refractivity contribution in [1.29, 1.82) is 0 Å². The number of carbonyl (C=O) groups is 2. The topological polar surface area (TPSA) is 124 Å². The number of carbonyl (C=O) groups excluding carboxylic acids is 2. The number of nitrogens with zero attached hydrogens (tertiary/aromatic N) is 4. The molecule has 14 heteroatoms. The Hall–Kier alpha value is -3.65. The number of nitrogens with one attached hydrogen (secondary N) is 2. The van der Waals surface area contributed by atoms with Crippen LogP contribution in [0.2, 0.25) is 0 Å². The Kier molecular flexibility index (Phi) is 7.25. The van der Waals surface area contributed by atoms with Crippen LogP contribution in [-0.2, 0) is 16.5 Å². The van der Waals surface area contributed by atoms with Crippen LogP contribution in [0.5, 0.6) is 0 Å². The van der Waals surface area contributed by atoms with Crippen LogP contribution in [0.25, 0.3) is 11.1 Å². The molecule has 4 unspecified atom stereocenters. The molecule has 1 aliphatic carbocycles. The lowest BCUT2D eigenvalue weighted by molar-refractivity contribution is -0.150. The van der Waals surface area contributed by atoms with Crippen molar-refractivity contribution in [3.8, 4) is 0 Å². The lowest BCUT2D eigenvalue weighted by atomic mass is 10.1.